The van der Waals surface area contributed by atoms with E-state index >= 15 is 0 Å². The number of hydrogen-bond donors (Lipinski definition) is 0. The lowest BCUT2D eigenvalue weighted by atomic mass is 9.90. The van der Waals surface area contributed by atoms with E-state index in [1.54, 1.807) is 0 Å². The molecule has 0 spiro atoms. The predicted molar refractivity (Wildman–Crippen MR) is 197 cm³/mol. The summed E-state index contributed by atoms with van der Waals surface area (Å²) in [7, 11) is 0. The van der Waals surface area contributed by atoms with Crippen LogP contribution in [-0.2, 0) is 0 Å². The fourth-order valence-corrected chi connectivity index (χ4v) is 6.33. The van der Waals surface area contributed by atoms with Crippen LogP contribution < -0.4 is 0 Å². The van der Waals surface area contributed by atoms with Crippen molar-refractivity contribution in [2.75, 3.05) is 0 Å². The molecular formula is C45H31N. The second-order valence-corrected chi connectivity index (χ2v) is 11.6. The molecule has 1 heteroatoms. The largest absolute Gasteiger partial charge is 0.248 e. The Morgan fingerprint density at radius 1 is 0.457 bits per heavy atom. The zero-order valence-corrected chi connectivity index (χ0v) is 25.3. The van der Waals surface area contributed by atoms with Crippen molar-refractivity contribution >= 4 is 56.2 Å². The van der Waals surface area contributed by atoms with Crippen LogP contribution in [0.15, 0.2) is 170 Å². The van der Waals surface area contributed by atoms with E-state index in [4.69, 9.17) is 4.98 Å². The third-order valence-electron chi connectivity index (χ3n) is 8.66. The third-order valence-corrected chi connectivity index (χ3v) is 8.66. The maximum Gasteiger partial charge on any atom is 0.0721 e. The highest BCUT2D eigenvalue weighted by molar-refractivity contribution is 6.05. The van der Waals surface area contributed by atoms with Gasteiger partial charge in [-0.05, 0) is 90.8 Å². The van der Waals surface area contributed by atoms with Gasteiger partial charge in [0.1, 0.15) is 0 Å². The predicted octanol–water partition coefficient (Wildman–Crippen LogP) is 12.0. The maximum atomic E-state index is 5.22. The molecule has 0 saturated carbocycles. The van der Waals surface area contributed by atoms with Gasteiger partial charge in [-0.25, -0.2) is 4.98 Å². The highest BCUT2D eigenvalue weighted by Crippen LogP contribution is 2.35. The Balaban J connectivity index is 1.35. The van der Waals surface area contributed by atoms with Crippen LogP contribution in [0.4, 0.5) is 0 Å². The second-order valence-electron chi connectivity index (χ2n) is 11.6. The normalized spacial score (nSPS) is 12.0. The molecule has 1 heterocycles. The first-order valence-electron chi connectivity index (χ1n) is 15.7. The molecule has 1 nitrogen and oxygen atoms in total. The zero-order valence-electron chi connectivity index (χ0n) is 25.3. The molecule has 216 valence electrons. The average molecular weight is 586 g/mol. The van der Waals surface area contributed by atoms with E-state index in [9.17, 15) is 0 Å². The molecule has 1 aromatic heterocycles. The van der Waals surface area contributed by atoms with Gasteiger partial charge in [0, 0.05) is 5.39 Å². The molecule has 0 N–H and O–H groups in total. The van der Waals surface area contributed by atoms with Crippen molar-refractivity contribution in [3.63, 3.8) is 0 Å². The molecule has 0 atom stereocenters. The van der Waals surface area contributed by atoms with Gasteiger partial charge in [0.05, 0.1) is 11.2 Å². The Bertz CT molecular complexity index is 2390. The van der Waals surface area contributed by atoms with Crippen molar-refractivity contribution in [3.05, 3.63) is 198 Å². The molecule has 8 aromatic rings. The average Bonchev–Trinajstić information content (AvgIpc) is 3.13. The van der Waals surface area contributed by atoms with Gasteiger partial charge >= 0.3 is 0 Å². The van der Waals surface area contributed by atoms with Gasteiger partial charge in [0.2, 0.25) is 0 Å². The third kappa shape index (κ3) is 5.51. The molecule has 0 unspecified atom stereocenters. The number of nitrogens with zero attached hydrogens (tertiary/aromatic N) is 1. The lowest BCUT2D eigenvalue weighted by Gasteiger charge is -2.15. The van der Waals surface area contributed by atoms with Gasteiger partial charge in [-0.2, -0.15) is 0 Å². The van der Waals surface area contributed by atoms with Crippen molar-refractivity contribution in [2.45, 2.75) is 0 Å². The smallest absolute Gasteiger partial charge is 0.0721 e. The minimum atomic E-state index is 0.917. The van der Waals surface area contributed by atoms with Crippen LogP contribution in [0, 0.1) is 0 Å². The van der Waals surface area contributed by atoms with Gasteiger partial charge in [-0.15, -0.1) is 0 Å². The first-order valence-corrected chi connectivity index (χ1v) is 15.7. The summed E-state index contributed by atoms with van der Waals surface area (Å²) in [5.41, 5.74) is 10.0. The van der Waals surface area contributed by atoms with E-state index in [2.05, 4.69) is 188 Å². The summed E-state index contributed by atoms with van der Waals surface area (Å²) in [5.74, 6) is 0. The standard InChI is InChI=1S/C45H31N/c1-3-12-33(13-4-1)38-25-27-42-44(31-40(46-45(42)30-38)26-23-32-22-24-34-14-7-8-18-37(34)28-32)43(36-15-5-2-6-16-36)29-39-20-11-19-35-17-9-10-21-41(35)39/h1-31H. The minimum Gasteiger partial charge on any atom is -0.248 e. The topological polar surface area (TPSA) is 12.9 Å². The first kappa shape index (κ1) is 27.5. The first-order chi connectivity index (χ1) is 22.8. The number of fused-ring (bicyclic) bond motifs is 3. The van der Waals surface area contributed by atoms with Gasteiger partial charge in [0.25, 0.3) is 0 Å². The van der Waals surface area contributed by atoms with Gasteiger partial charge in [-0.1, -0.05) is 158 Å². The van der Waals surface area contributed by atoms with Crippen LogP contribution in [0.5, 0.6) is 0 Å². The van der Waals surface area contributed by atoms with Crippen LogP contribution in [0.2, 0.25) is 0 Å². The second kappa shape index (κ2) is 12.1. The lowest BCUT2D eigenvalue weighted by Crippen LogP contribution is -1.95. The fourth-order valence-electron chi connectivity index (χ4n) is 6.33. The van der Waals surface area contributed by atoms with E-state index in [1.165, 1.54) is 38.2 Å². The SMILES string of the molecule is C(=Cc1cc(C(=Cc2cccc3ccccc23)c2ccccc2)c2ccc(-c3ccccc3)cc2n1)c1ccc2ccccc2c1. The van der Waals surface area contributed by atoms with E-state index < -0.39 is 0 Å². The molecule has 0 saturated heterocycles. The Morgan fingerprint density at radius 3 is 2.02 bits per heavy atom. The molecule has 0 aliphatic rings. The Labute approximate surface area is 269 Å². The molecule has 8 rings (SSSR count). The van der Waals surface area contributed by atoms with Crippen LogP contribution in [0.3, 0.4) is 0 Å². The molecule has 0 aliphatic heterocycles. The molecule has 46 heavy (non-hydrogen) atoms. The minimum absolute atomic E-state index is 0.917. The summed E-state index contributed by atoms with van der Waals surface area (Å²) in [6.45, 7) is 0. The molecule has 7 aromatic carbocycles. The summed E-state index contributed by atoms with van der Waals surface area (Å²) in [5, 5.41) is 6.06. The number of hydrogen-bond acceptors (Lipinski definition) is 1. The monoisotopic (exact) mass is 585 g/mol. The molecule has 0 radical (unpaired) electrons. The van der Waals surface area contributed by atoms with E-state index in [-0.39, 0.29) is 0 Å². The quantitative estimate of drug-likeness (QED) is 0.177. The van der Waals surface area contributed by atoms with Crippen molar-refractivity contribution in [1.82, 2.24) is 4.98 Å². The van der Waals surface area contributed by atoms with Crippen LogP contribution in [0.1, 0.15) is 27.9 Å². The summed E-state index contributed by atoms with van der Waals surface area (Å²) in [4.78, 5) is 5.22. The fraction of sp³-hybridized carbons (Fsp3) is 0. The van der Waals surface area contributed by atoms with Crippen LogP contribution in [-0.4, -0.2) is 4.98 Å². The molecular weight excluding hydrogens is 555 g/mol. The Kier molecular flexibility index (Phi) is 7.26. The van der Waals surface area contributed by atoms with Crippen molar-refractivity contribution < 1.29 is 0 Å². The van der Waals surface area contributed by atoms with Crippen molar-refractivity contribution in [1.29, 1.82) is 0 Å². The summed E-state index contributed by atoms with van der Waals surface area (Å²) in [6.07, 6.45) is 6.65. The highest BCUT2D eigenvalue weighted by Gasteiger charge is 2.14. The maximum absolute atomic E-state index is 5.22. The number of benzene rings is 7. The van der Waals surface area contributed by atoms with Gasteiger partial charge in [-0.3, -0.25) is 0 Å². The van der Waals surface area contributed by atoms with Crippen molar-refractivity contribution in [3.8, 4) is 11.1 Å². The molecule has 0 amide bonds. The van der Waals surface area contributed by atoms with E-state index in [0.29, 0.717) is 0 Å². The summed E-state index contributed by atoms with van der Waals surface area (Å²) in [6, 6.07) is 60.4. The number of rotatable bonds is 6. The molecule has 0 fully saturated rings. The van der Waals surface area contributed by atoms with Gasteiger partial charge < -0.3 is 0 Å². The summed E-state index contributed by atoms with van der Waals surface area (Å²) < 4.78 is 0. The lowest BCUT2D eigenvalue weighted by molar-refractivity contribution is 1.36. The zero-order chi connectivity index (χ0) is 30.7. The van der Waals surface area contributed by atoms with Gasteiger partial charge in [0.15, 0.2) is 0 Å². The van der Waals surface area contributed by atoms with Crippen LogP contribution in [0.25, 0.3) is 67.4 Å². The number of aromatic nitrogens is 1. The molecule has 0 aliphatic carbocycles. The van der Waals surface area contributed by atoms with E-state index in [1.807, 2.05) is 0 Å². The Morgan fingerprint density at radius 2 is 1.17 bits per heavy atom. The van der Waals surface area contributed by atoms with Crippen molar-refractivity contribution in [2.24, 2.45) is 0 Å². The number of pyridine rings is 1. The summed E-state index contributed by atoms with van der Waals surface area (Å²) >= 11 is 0. The molecule has 0 bridgehead atoms. The van der Waals surface area contributed by atoms with E-state index in [0.717, 1.165) is 38.9 Å². The Hall–Kier alpha value is -6.05. The van der Waals surface area contributed by atoms with Crippen LogP contribution >= 0.6 is 0 Å². The highest BCUT2D eigenvalue weighted by atomic mass is 14.7.